The van der Waals surface area contributed by atoms with Gasteiger partial charge in [-0.1, -0.05) is 50.0 Å². The molecule has 3 N–H and O–H groups in total. The molecule has 134 valence electrons. The van der Waals surface area contributed by atoms with Crippen LogP contribution in [0.4, 0.5) is 4.79 Å². The summed E-state index contributed by atoms with van der Waals surface area (Å²) < 4.78 is 11.8. The molecule has 1 saturated heterocycles. The molecule has 7 heteroatoms. The Morgan fingerprint density at radius 3 is 2.62 bits per heavy atom. The molecule has 1 aliphatic heterocycles. The van der Waals surface area contributed by atoms with E-state index in [0.717, 1.165) is 5.56 Å². The number of carbonyl (C=O) groups is 1. The predicted octanol–water partition coefficient (Wildman–Crippen LogP) is 2.04. The Balaban J connectivity index is 1.94. The van der Waals surface area contributed by atoms with Crippen LogP contribution in [-0.4, -0.2) is 45.3 Å². The van der Waals surface area contributed by atoms with Gasteiger partial charge in [-0.05, 0) is 18.9 Å². The average Bonchev–Trinajstić information content (AvgIpc) is 2.69. The van der Waals surface area contributed by atoms with Crippen molar-refractivity contribution in [2.75, 3.05) is 13.3 Å². The topological polar surface area (TPSA) is 71.6 Å². The summed E-state index contributed by atoms with van der Waals surface area (Å²) in [5.41, 5.74) is 6.88. The first kappa shape index (κ1) is 18.9. The summed E-state index contributed by atoms with van der Waals surface area (Å²) in [5.74, 6) is 0. The normalized spacial score (nSPS) is 23.1. The molecule has 24 heavy (non-hydrogen) atoms. The van der Waals surface area contributed by atoms with Crippen molar-refractivity contribution in [1.82, 2.24) is 16.2 Å². The maximum atomic E-state index is 11.8. The third-order valence-electron chi connectivity index (χ3n) is 4.39. The van der Waals surface area contributed by atoms with Crippen molar-refractivity contribution in [3.63, 3.8) is 0 Å². The van der Waals surface area contributed by atoms with E-state index in [9.17, 15) is 4.79 Å². The molecule has 0 saturated carbocycles. The lowest BCUT2D eigenvalue weighted by molar-refractivity contribution is -0.104. The molecule has 6 nitrogen and oxygen atoms in total. The Kier molecular flexibility index (Phi) is 6.79. The van der Waals surface area contributed by atoms with E-state index >= 15 is 0 Å². The van der Waals surface area contributed by atoms with Crippen LogP contribution in [0.2, 0.25) is 19.6 Å². The molecule has 1 aromatic carbocycles. The zero-order valence-corrected chi connectivity index (χ0v) is 16.0. The largest absolute Gasteiger partial charge is 0.356 e. The fourth-order valence-electron chi connectivity index (χ4n) is 2.38. The van der Waals surface area contributed by atoms with Gasteiger partial charge >= 0.3 is 6.03 Å². The molecule has 1 aromatic rings. The number of hydrazine groups is 1. The number of nitrogens with one attached hydrogen (secondary N) is 3. The van der Waals surface area contributed by atoms with Gasteiger partial charge in [0.25, 0.3) is 0 Å². The van der Waals surface area contributed by atoms with Gasteiger partial charge in [-0.3, -0.25) is 5.43 Å². The van der Waals surface area contributed by atoms with Crippen molar-refractivity contribution in [2.24, 2.45) is 0 Å². The second kappa shape index (κ2) is 8.62. The van der Waals surface area contributed by atoms with Crippen LogP contribution < -0.4 is 16.2 Å². The minimum atomic E-state index is -1.35. The first-order valence-corrected chi connectivity index (χ1v) is 12.0. The van der Waals surface area contributed by atoms with Crippen molar-refractivity contribution < 1.29 is 14.3 Å². The molecule has 0 radical (unpaired) electrons. The molecule has 1 fully saturated rings. The molecule has 1 aliphatic rings. The van der Waals surface area contributed by atoms with E-state index in [4.69, 9.17) is 9.47 Å². The van der Waals surface area contributed by atoms with Crippen molar-refractivity contribution in [1.29, 1.82) is 0 Å². The first-order valence-electron chi connectivity index (χ1n) is 8.43. The lowest BCUT2D eigenvalue weighted by atomic mass is 10.0. The Bertz CT molecular complexity index is 522. The summed E-state index contributed by atoms with van der Waals surface area (Å²) in [6, 6.07) is 9.74. The van der Waals surface area contributed by atoms with Crippen LogP contribution in [-0.2, 0) is 15.9 Å². The quantitative estimate of drug-likeness (QED) is 0.519. The van der Waals surface area contributed by atoms with Crippen LogP contribution in [0.15, 0.2) is 30.3 Å². The van der Waals surface area contributed by atoms with E-state index in [1.807, 2.05) is 18.2 Å². The molecular weight excluding hydrogens is 322 g/mol. The van der Waals surface area contributed by atoms with Gasteiger partial charge in [0.05, 0.1) is 20.2 Å². The second-order valence-electron chi connectivity index (χ2n) is 7.27. The number of hydrogen-bond donors (Lipinski definition) is 3. The summed E-state index contributed by atoms with van der Waals surface area (Å²) in [7, 11) is -1.35. The highest BCUT2D eigenvalue weighted by molar-refractivity contribution is 6.77. The zero-order valence-electron chi connectivity index (χ0n) is 15.0. The molecule has 3 atom stereocenters. The summed E-state index contributed by atoms with van der Waals surface area (Å²) in [6.45, 7) is 9.68. The predicted molar refractivity (Wildman–Crippen MR) is 97.2 cm³/mol. The van der Waals surface area contributed by atoms with Crippen LogP contribution in [0.3, 0.4) is 0 Å². The van der Waals surface area contributed by atoms with Crippen molar-refractivity contribution in [3.8, 4) is 0 Å². The Morgan fingerprint density at radius 1 is 1.25 bits per heavy atom. The minimum Gasteiger partial charge on any atom is -0.356 e. The van der Waals surface area contributed by atoms with Crippen LogP contribution in [0.25, 0.3) is 0 Å². The first-order chi connectivity index (χ1) is 11.4. The van der Waals surface area contributed by atoms with Crippen molar-refractivity contribution >= 4 is 14.1 Å². The Hall–Kier alpha value is -1.41. The molecule has 0 spiro atoms. The number of urea groups is 1. The zero-order chi connectivity index (χ0) is 17.6. The maximum absolute atomic E-state index is 11.8. The number of amides is 2. The number of carbonyl (C=O) groups excluding carboxylic acids is 1. The Labute approximate surface area is 145 Å². The molecule has 0 aliphatic carbocycles. The van der Waals surface area contributed by atoms with Gasteiger partial charge in [-0.2, -0.15) is 0 Å². The standard InChI is InChI=1S/C17H29N3O3Si/c1-13(24(2,3)4)22-12-23-16-11-18-20-17(21)19-15(16)10-14-8-6-5-7-9-14/h5-9,13,15-16,18H,10-12H2,1-4H3,(H2,19,20,21)/t13?,15-,16-/m1/s1. The number of ether oxygens (including phenoxy) is 2. The molecule has 0 aromatic heterocycles. The van der Waals surface area contributed by atoms with Crippen LogP contribution in [0, 0.1) is 0 Å². The molecule has 2 amide bonds. The van der Waals surface area contributed by atoms with E-state index in [2.05, 4.69) is 54.9 Å². The lowest BCUT2D eigenvalue weighted by Gasteiger charge is -2.28. The van der Waals surface area contributed by atoms with E-state index in [1.54, 1.807) is 0 Å². The molecule has 2 rings (SSSR count). The summed E-state index contributed by atoms with van der Waals surface area (Å²) in [4.78, 5) is 11.8. The monoisotopic (exact) mass is 351 g/mol. The van der Waals surface area contributed by atoms with E-state index in [-0.39, 0.29) is 30.7 Å². The molecule has 1 heterocycles. The lowest BCUT2D eigenvalue weighted by Crippen LogP contribution is -2.47. The molecular formula is C17H29N3O3Si. The molecule has 0 bridgehead atoms. The van der Waals surface area contributed by atoms with Gasteiger partial charge in [0.1, 0.15) is 6.79 Å². The fourth-order valence-corrected chi connectivity index (χ4v) is 2.94. The van der Waals surface area contributed by atoms with Gasteiger partial charge in [0.15, 0.2) is 0 Å². The third kappa shape index (κ3) is 5.90. The van der Waals surface area contributed by atoms with Gasteiger partial charge in [-0.15, -0.1) is 0 Å². The van der Waals surface area contributed by atoms with Crippen LogP contribution in [0.1, 0.15) is 12.5 Å². The second-order valence-corrected chi connectivity index (χ2v) is 12.8. The highest BCUT2D eigenvalue weighted by Gasteiger charge is 2.28. The maximum Gasteiger partial charge on any atom is 0.329 e. The van der Waals surface area contributed by atoms with Crippen LogP contribution >= 0.6 is 0 Å². The number of hydrogen-bond acceptors (Lipinski definition) is 4. The fraction of sp³-hybridized carbons (Fsp3) is 0.588. The van der Waals surface area contributed by atoms with E-state index < -0.39 is 8.07 Å². The van der Waals surface area contributed by atoms with E-state index in [0.29, 0.717) is 13.0 Å². The SMILES string of the molecule is CC(OCO[C@@H]1CNNC(=O)N[C@@H]1Cc1ccccc1)[Si](C)(C)C. The Morgan fingerprint density at radius 2 is 1.96 bits per heavy atom. The van der Waals surface area contributed by atoms with Crippen LogP contribution in [0.5, 0.6) is 0 Å². The summed E-state index contributed by atoms with van der Waals surface area (Å²) in [5, 5.41) is 2.96. The van der Waals surface area contributed by atoms with Crippen molar-refractivity contribution in [2.45, 2.75) is 50.9 Å². The number of rotatable bonds is 7. The summed E-state index contributed by atoms with van der Waals surface area (Å²) >= 11 is 0. The average molecular weight is 352 g/mol. The molecule has 1 unspecified atom stereocenters. The minimum absolute atomic E-state index is 0.117. The smallest absolute Gasteiger partial charge is 0.329 e. The van der Waals surface area contributed by atoms with Gasteiger partial charge in [-0.25, -0.2) is 10.2 Å². The number of benzene rings is 1. The van der Waals surface area contributed by atoms with E-state index in [1.165, 1.54) is 0 Å². The van der Waals surface area contributed by atoms with Crippen molar-refractivity contribution in [3.05, 3.63) is 35.9 Å². The third-order valence-corrected chi connectivity index (χ3v) is 6.99. The highest BCUT2D eigenvalue weighted by atomic mass is 28.3. The van der Waals surface area contributed by atoms with Gasteiger partial charge in [0.2, 0.25) is 0 Å². The summed E-state index contributed by atoms with van der Waals surface area (Å²) in [6.07, 6.45) is 0.544. The van der Waals surface area contributed by atoms with Gasteiger partial charge in [0, 0.05) is 12.3 Å². The van der Waals surface area contributed by atoms with Gasteiger partial charge < -0.3 is 14.8 Å². The highest BCUT2D eigenvalue weighted by Crippen LogP contribution is 2.13.